The zero-order valence-electron chi connectivity index (χ0n) is 16.4. The summed E-state index contributed by atoms with van der Waals surface area (Å²) in [5.74, 6) is -0.614. The van der Waals surface area contributed by atoms with Crippen molar-refractivity contribution in [3.8, 4) is 0 Å². The number of pyridine rings is 1. The smallest absolute Gasteiger partial charge is 0.336 e. The summed E-state index contributed by atoms with van der Waals surface area (Å²) in [7, 11) is 0. The average molecular weight is 425 g/mol. The second-order valence-electron chi connectivity index (χ2n) is 7.17. The zero-order chi connectivity index (χ0) is 21.3. The van der Waals surface area contributed by atoms with Crippen LogP contribution in [0.3, 0.4) is 0 Å². The second kappa shape index (κ2) is 8.20. The summed E-state index contributed by atoms with van der Waals surface area (Å²) >= 11 is 6.32. The molecule has 1 aliphatic heterocycles. The third kappa shape index (κ3) is 4.02. The van der Waals surface area contributed by atoms with Crippen LogP contribution in [0.5, 0.6) is 0 Å². The normalized spacial score (nSPS) is 14.1. The number of halogens is 1. The largest absolute Gasteiger partial charge is 0.478 e. The van der Waals surface area contributed by atoms with Gasteiger partial charge in [0.25, 0.3) is 0 Å². The maximum absolute atomic E-state index is 11.9. The van der Waals surface area contributed by atoms with Crippen molar-refractivity contribution in [3.63, 3.8) is 0 Å². The van der Waals surface area contributed by atoms with Crippen molar-refractivity contribution in [2.24, 2.45) is 0 Å². The van der Waals surface area contributed by atoms with Crippen molar-refractivity contribution in [1.29, 1.82) is 0 Å². The Balaban J connectivity index is 1.61. The van der Waals surface area contributed by atoms with Gasteiger partial charge in [0, 0.05) is 44.2 Å². The number of hydrogen-bond acceptors (Lipinski definition) is 5. The van der Waals surface area contributed by atoms with E-state index in [-0.39, 0.29) is 11.5 Å². The molecule has 0 atom stereocenters. The predicted octanol–water partition coefficient (Wildman–Crippen LogP) is 3.87. The van der Waals surface area contributed by atoms with Crippen LogP contribution in [0, 0.1) is 0 Å². The zero-order valence-corrected chi connectivity index (χ0v) is 17.2. The molecule has 0 aliphatic carbocycles. The summed E-state index contributed by atoms with van der Waals surface area (Å²) in [4.78, 5) is 32.2. The topological polar surface area (TPSA) is 85.8 Å². The second-order valence-corrected chi connectivity index (χ2v) is 7.58. The van der Waals surface area contributed by atoms with Crippen LogP contribution in [0.15, 0.2) is 48.5 Å². The van der Waals surface area contributed by atoms with E-state index in [4.69, 9.17) is 11.6 Å². The van der Waals surface area contributed by atoms with Gasteiger partial charge >= 0.3 is 5.97 Å². The third-order valence-corrected chi connectivity index (χ3v) is 5.46. The number of carbonyl (C=O) groups is 2. The summed E-state index contributed by atoms with van der Waals surface area (Å²) in [6.45, 7) is 4.33. The molecule has 1 saturated heterocycles. The van der Waals surface area contributed by atoms with Crippen LogP contribution in [0.1, 0.15) is 17.3 Å². The molecule has 7 nitrogen and oxygen atoms in total. The number of piperazine rings is 1. The Morgan fingerprint density at radius 1 is 1.03 bits per heavy atom. The number of carboxylic acid groups (broad SMARTS) is 1. The molecule has 8 heteroatoms. The summed E-state index contributed by atoms with van der Waals surface area (Å²) in [5, 5.41) is 13.6. The molecule has 2 N–H and O–H groups in total. The Labute approximate surface area is 178 Å². The minimum atomic E-state index is -1.03. The van der Waals surface area contributed by atoms with Gasteiger partial charge in [0.1, 0.15) is 5.82 Å². The van der Waals surface area contributed by atoms with Gasteiger partial charge < -0.3 is 20.2 Å². The Bertz CT molecular complexity index is 1130. The first-order valence-electron chi connectivity index (χ1n) is 9.62. The molecule has 4 rings (SSSR count). The van der Waals surface area contributed by atoms with Gasteiger partial charge in [0.15, 0.2) is 0 Å². The molecule has 0 spiro atoms. The summed E-state index contributed by atoms with van der Waals surface area (Å²) < 4.78 is 0. The van der Waals surface area contributed by atoms with Gasteiger partial charge in [-0.3, -0.25) is 4.79 Å². The van der Waals surface area contributed by atoms with E-state index in [9.17, 15) is 14.7 Å². The molecule has 1 fully saturated rings. The molecule has 2 aromatic carbocycles. The van der Waals surface area contributed by atoms with E-state index in [1.807, 2.05) is 24.3 Å². The lowest BCUT2D eigenvalue weighted by Crippen LogP contribution is -2.47. The fourth-order valence-electron chi connectivity index (χ4n) is 3.72. The summed E-state index contributed by atoms with van der Waals surface area (Å²) in [5.41, 5.74) is 2.28. The number of carboxylic acids is 1. The SMILES string of the molecule is CC(=O)Nc1ccc2nc(N3CCN(c4ccccc4Cl)CC3)cc(C(=O)O)c2c1. The number of aromatic carboxylic acids is 1. The quantitative estimate of drug-likeness (QED) is 0.661. The van der Waals surface area contributed by atoms with Gasteiger partial charge in [-0.2, -0.15) is 0 Å². The molecule has 1 aliphatic rings. The minimum absolute atomic E-state index is 0.163. The number of amides is 1. The lowest BCUT2D eigenvalue weighted by Gasteiger charge is -2.37. The summed E-state index contributed by atoms with van der Waals surface area (Å²) in [6.07, 6.45) is 0. The standard InChI is InChI=1S/C22H21ClN4O3/c1-14(28)24-15-6-7-19-16(12-15)17(22(29)30)13-21(25-19)27-10-8-26(9-11-27)20-5-3-2-4-18(20)23/h2-7,12-13H,8-11H2,1H3,(H,24,28)(H,29,30). The molecule has 1 aromatic heterocycles. The van der Waals surface area contributed by atoms with E-state index in [2.05, 4.69) is 20.1 Å². The van der Waals surface area contributed by atoms with Crippen LogP contribution in [0.25, 0.3) is 10.9 Å². The fraction of sp³-hybridized carbons (Fsp3) is 0.227. The molecular formula is C22H21ClN4O3. The van der Waals surface area contributed by atoms with Gasteiger partial charge in [-0.05, 0) is 36.4 Å². The number of aromatic nitrogens is 1. The maximum Gasteiger partial charge on any atom is 0.336 e. The predicted molar refractivity (Wildman–Crippen MR) is 119 cm³/mol. The van der Waals surface area contributed by atoms with E-state index in [1.165, 1.54) is 6.92 Å². The first-order chi connectivity index (χ1) is 14.4. The van der Waals surface area contributed by atoms with Crippen LogP contribution in [-0.4, -0.2) is 48.1 Å². The Morgan fingerprint density at radius 2 is 1.73 bits per heavy atom. The molecule has 0 saturated carbocycles. The van der Waals surface area contributed by atoms with Gasteiger partial charge in [0.05, 0.1) is 21.8 Å². The molecular weight excluding hydrogens is 404 g/mol. The van der Waals surface area contributed by atoms with E-state index < -0.39 is 5.97 Å². The molecule has 30 heavy (non-hydrogen) atoms. The van der Waals surface area contributed by atoms with Crippen LogP contribution >= 0.6 is 11.6 Å². The average Bonchev–Trinajstić information content (AvgIpc) is 2.73. The van der Waals surface area contributed by atoms with Gasteiger partial charge in [-0.1, -0.05) is 23.7 Å². The van der Waals surface area contributed by atoms with Gasteiger partial charge in [-0.25, -0.2) is 9.78 Å². The molecule has 0 radical (unpaired) electrons. The minimum Gasteiger partial charge on any atom is -0.478 e. The number of carbonyl (C=O) groups excluding carboxylic acids is 1. The van der Waals surface area contributed by atoms with Crippen LogP contribution < -0.4 is 15.1 Å². The first-order valence-corrected chi connectivity index (χ1v) is 10.0. The van der Waals surface area contributed by atoms with Crippen molar-refractivity contribution in [3.05, 3.63) is 59.1 Å². The highest BCUT2D eigenvalue weighted by Gasteiger charge is 2.22. The molecule has 3 aromatic rings. The summed E-state index contributed by atoms with van der Waals surface area (Å²) in [6, 6.07) is 14.5. The number of para-hydroxylation sites is 1. The van der Waals surface area contributed by atoms with Gasteiger partial charge in [-0.15, -0.1) is 0 Å². The van der Waals surface area contributed by atoms with E-state index in [0.29, 0.717) is 35.5 Å². The maximum atomic E-state index is 11.9. The lowest BCUT2D eigenvalue weighted by molar-refractivity contribution is -0.114. The van der Waals surface area contributed by atoms with Crippen molar-refractivity contribution in [2.45, 2.75) is 6.92 Å². The lowest BCUT2D eigenvalue weighted by atomic mass is 10.1. The Morgan fingerprint density at radius 3 is 2.40 bits per heavy atom. The highest BCUT2D eigenvalue weighted by Crippen LogP contribution is 2.29. The number of hydrogen-bond donors (Lipinski definition) is 2. The van der Waals surface area contributed by atoms with Crippen molar-refractivity contribution in [1.82, 2.24) is 4.98 Å². The third-order valence-electron chi connectivity index (χ3n) is 5.14. The van der Waals surface area contributed by atoms with Crippen LogP contribution in [-0.2, 0) is 4.79 Å². The monoisotopic (exact) mass is 424 g/mol. The molecule has 2 heterocycles. The Hall–Kier alpha value is -3.32. The van der Waals surface area contributed by atoms with Crippen molar-refractivity contribution >= 4 is 51.6 Å². The van der Waals surface area contributed by atoms with Gasteiger partial charge in [0.2, 0.25) is 5.91 Å². The Kier molecular flexibility index (Phi) is 5.46. The highest BCUT2D eigenvalue weighted by atomic mass is 35.5. The first kappa shape index (κ1) is 20.0. The fourth-order valence-corrected chi connectivity index (χ4v) is 3.97. The number of nitrogens with zero attached hydrogens (tertiary/aromatic N) is 3. The number of fused-ring (bicyclic) bond motifs is 1. The van der Waals surface area contributed by atoms with Crippen LogP contribution in [0.2, 0.25) is 5.02 Å². The van der Waals surface area contributed by atoms with E-state index in [1.54, 1.807) is 24.3 Å². The van der Waals surface area contributed by atoms with Crippen molar-refractivity contribution < 1.29 is 14.7 Å². The number of rotatable bonds is 4. The van der Waals surface area contributed by atoms with Crippen molar-refractivity contribution in [2.75, 3.05) is 41.3 Å². The van der Waals surface area contributed by atoms with E-state index in [0.717, 1.165) is 23.8 Å². The molecule has 0 unspecified atom stereocenters. The number of benzene rings is 2. The number of nitrogens with one attached hydrogen (secondary N) is 1. The number of anilines is 3. The van der Waals surface area contributed by atoms with E-state index >= 15 is 0 Å². The molecule has 154 valence electrons. The van der Waals surface area contributed by atoms with Crippen LogP contribution in [0.4, 0.5) is 17.2 Å². The molecule has 0 bridgehead atoms. The molecule has 1 amide bonds. The highest BCUT2D eigenvalue weighted by molar-refractivity contribution is 6.33.